The lowest BCUT2D eigenvalue weighted by Gasteiger charge is -2.12. The van der Waals surface area contributed by atoms with E-state index in [1.54, 1.807) is 25.1 Å². The Hall–Kier alpha value is -1.63. The maximum absolute atomic E-state index is 11.2. The molecule has 0 aliphatic rings. The molecule has 2 aromatic rings. The second-order valence-electron chi connectivity index (χ2n) is 5.38. The molecule has 0 saturated carbocycles. The van der Waals surface area contributed by atoms with Crippen LogP contribution in [0.3, 0.4) is 0 Å². The quantitative estimate of drug-likeness (QED) is 0.766. The Morgan fingerprint density at radius 2 is 2.17 bits per heavy atom. The SMILES string of the molecule is Cc1nc(-c2cc(Cl)ccc2OCCCN(C)C)sc1C(=O)O. The molecule has 0 bridgehead atoms. The third kappa shape index (κ3) is 4.67. The molecule has 1 heterocycles. The van der Waals surface area contributed by atoms with Crippen LogP contribution in [0.4, 0.5) is 0 Å². The Morgan fingerprint density at radius 1 is 1.43 bits per heavy atom. The van der Waals surface area contributed by atoms with Gasteiger partial charge in [0.05, 0.1) is 17.9 Å². The number of aromatic nitrogens is 1. The third-order valence-corrected chi connectivity index (χ3v) is 4.58. The van der Waals surface area contributed by atoms with Gasteiger partial charge in [-0.2, -0.15) is 0 Å². The smallest absolute Gasteiger partial charge is 0.347 e. The molecular formula is C16H19ClN2O3S. The van der Waals surface area contributed by atoms with E-state index in [1.165, 1.54) is 0 Å². The number of nitrogens with zero attached hydrogens (tertiary/aromatic N) is 2. The summed E-state index contributed by atoms with van der Waals surface area (Å²) in [5.74, 6) is -0.305. The van der Waals surface area contributed by atoms with Gasteiger partial charge in [0, 0.05) is 11.6 Å². The van der Waals surface area contributed by atoms with Gasteiger partial charge in [-0.25, -0.2) is 9.78 Å². The highest BCUT2D eigenvalue weighted by Crippen LogP contribution is 2.36. The van der Waals surface area contributed by atoms with Gasteiger partial charge in [0.1, 0.15) is 15.6 Å². The zero-order chi connectivity index (χ0) is 17.0. The highest BCUT2D eigenvalue weighted by Gasteiger charge is 2.18. The van der Waals surface area contributed by atoms with Gasteiger partial charge < -0.3 is 14.7 Å². The monoisotopic (exact) mass is 354 g/mol. The van der Waals surface area contributed by atoms with Gasteiger partial charge in [0.15, 0.2) is 0 Å². The number of hydrogen-bond donors (Lipinski definition) is 1. The Kier molecular flexibility index (Phi) is 5.98. The lowest BCUT2D eigenvalue weighted by molar-refractivity contribution is 0.0701. The number of rotatable bonds is 7. The van der Waals surface area contributed by atoms with Gasteiger partial charge >= 0.3 is 5.97 Å². The maximum atomic E-state index is 11.2. The van der Waals surface area contributed by atoms with E-state index in [2.05, 4.69) is 9.88 Å². The Balaban J connectivity index is 2.25. The summed E-state index contributed by atoms with van der Waals surface area (Å²) in [5, 5.41) is 10.3. The van der Waals surface area contributed by atoms with Crippen molar-refractivity contribution in [2.45, 2.75) is 13.3 Å². The molecule has 0 radical (unpaired) electrons. The first-order valence-corrected chi connectivity index (χ1v) is 8.36. The molecule has 2 rings (SSSR count). The molecular weight excluding hydrogens is 336 g/mol. The summed E-state index contributed by atoms with van der Waals surface area (Å²) in [6, 6.07) is 5.31. The molecule has 124 valence electrons. The molecule has 0 amide bonds. The molecule has 1 aromatic carbocycles. The van der Waals surface area contributed by atoms with Crippen LogP contribution >= 0.6 is 22.9 Å². The molecule has 0 unspecified atom stereocenters. The number of thiazole rings is 1. The van der Waals surface area contributed by atoms with Crippen molar-refractivity contribution in [2.24, 2.45) is 0 Å². The van der Waals surface area contributed by atoms with Crippen molar-refractivity contribution in [3.05, 3.63) is 33.8 Å². The first-order chi connectivity index (χ1) is 10.9. The number of carbonyl (C=O) groups is 1. The summed E-state index contributed by atoms with van der Waals surface area (Å²) >= 11 is 7.21. The van der Waals surface area contributed by atoms with Crippen molar-refractivity contribution in [1.29, 1.82) is 0 Å². The molecule has 1 N–H and O–H groups in total. The van der Waals surface area contributed by atoms with E-state index >= 15 is 0 Å². The second kappa shape index (κ2) is 7.77. The average molecular weight is 355 g/mol. The van der Waals surface area contributed by atoms with E-state index in [0.717, 1.165) is 29.9 Å². The van der Waals surface area contributed by atoms with E-state index in [9.17, 15) is 9.90 Å². The molecule has 0 aliphatic carbocycles. The van der Waals surface area contributed by atoms with Crippen molar-refractivity contribution in [3.63, 3.8) is 0 Å². The normalized spacial score (nSPS) is 11.0. The molecule has 0 spiro atoms. The van der Waals surface area contributed by atoms with Crippen molar-refractivity contribution in [2.75, 3.05) is 27.2 Å². The number of hydrogen-bond acceptors (Lipinski definition) is 5. The molecule has 0 atom stereocenters. The molecule has 0 fully saturated rings. The average Bonchev–Trinajstić information content (AvgIpc) is 2.86. The minimum absolute atomic E-state index is 0.235. The molecule has 0 saturated heterocycles. The Morgan fingerprint density at radius 3 is 2.78 bits per heavy atom. The zero-order valence-corrected chi connectivity index (χ0v) is 14.9. The van der Waals surface area contributed by atoms with Crippen LogP contribution < -0.4 is 4.74 Å². The van der Waals surface area contributed by atoms with Crippen LogP contribution in [0, 0.1) is 6.92 Å². The molecule has 7 heteroatoms. The first kappa shape index (κ1) is 17.7. The van der Waals surface area contributed by atoms with E-state index in [1.807, 2.05) is 14.1 Å². The van der Waals surface area contributed by atoms with Gasteiger partial charge in [0.25, 0.3) is 0 Å². The number of aromatic carboxylic acids is 1. The number of carboxylic acids is 1. The largest absolute Gasteiger partial charge is 0.493 e. The summed E-state index contributed by atoms with van der Waals surface area (Å²) < 4.78 is 5.84. The summed E-state index contributed by atoms with van der Waals surface area (Å²) in [6.45, 7) is 3.19. The summed E-state index contributed by atoms with van der Waals surface area (Å²) in [5.41, 5.74) is 1.22. The van der Waals surface area contributed by atoms with Gasteiger partial charge in [-0.3, -0.25) is 0 Å². The van der Waals surface area contributed by atoms with Gasteiger partial charge in [-0.15, -0.1) is 11.3 Å². The maximum Gasteiger partial charge on any atom is 0.347 e. The van der Waals surface area contributed by atoms with Gasteiger partial charge in [-0.05, 0) is 45.6 Å². The predicted octanol–water partition coefficient (Wildman–Crippen LogP) is 3.80. The molecule has 0 aliphatic heterocycles. The second-order valence-corrected chi connectivity index (χ2v) is 6.82. The molecule has 5 nitrogen and oxygen atoms in total. The lowest BCUT2D eigenvalue weighted by atomic mass is 10.2. The fourth-order valence-corrected chi connectivity index (χ4v) is 3.17. The number of ether oxygens (including phenoxy) is 1. The number of benzene rings is 1. The van der Waals surface area contributed by atoms with Crippen LogP contribution in [0.1, 0.15) is 21.8 Å². The highest BCUT2D eigenvalue weighted by atomic mass is 35.5. The molecule has 23 heavy (non-hydrogen) atoms. The van der Waals surface area contributed by atoms with E-state index in [0.29, 0.717) is 28.1 Å². The Bertz CT molecular complexity index is 701. The lowest BCUT2D eigenvalue weighted by Crippen LogP contribution is -2.15. The zero-order valence-electron chi connectivity index (χ0n) is 13.3. The fourth-order valence-electron chi connectivity index (χ4n) is 2.07. The minimum Gasteiger partial charge on any atom is -0.493 e. The van der Waals surface area contributed by atoms with Crippen LogP contribution in [0.2, 0.25) is 5.02 Å². The van der Waals surface area contributed by atoms with Crippen molar-refractivity contribution < 1.29 is 14.6 Å². The van der Waals surface area contributed by atoms with Crippen molar-refractivity contribution in [1.82, 2.24) is 9.88 Å². The predicted molar refractivity (Wildman–Crippen MR) is 92.9 cm³/mol. The molecule has 1 aromatic heterocycles. The van der Waals surface area contributed by atoms with E-state index < -0.39 is 5.97 Å². The van der Waals surface area contributed by atoms with Crippen LogP contribution in [0.15, 0.2) is 18.2 Å². The number of halogens is 1. The van der Waals surface area contributed by atoms with Crippen LogP contribution in [-0.4, -0.2) is 48.2 Å². The number of carboxylic acid groups (broad SMARTS) is 1. The number of aryl methyl sites for hydroxylation is 1. The van der Waals surface area contributed by atoms with Crippen LogP contribution in [-0.2, 0) is 0 Å². The minimum atomic E-state index is -0.971. The van der Waals surface area contributed by atoms with Gasteiger partial charge in [0.2, 0.25) is 0 Å². The highest BCUT2D eigenvalue weighted by molar-refractivity contribution is 7.17. The topological polar surface area (TPSA) is 62.7 Å². The van der Waals surface area contributed by atoms with Crippen LogP contribution in [0.25, 0.3) is 10.6 Å². The van der Waals surface area contributed by atoms with Crippen molar-refractivity contribution in [3.8, 4) is 16.3 Å². The van der Waals surface area contributed by atoms with E-state index in [4.69, 9.17) is 16.3 Å². The van der Waals surface area contributed by atoms with Gasteiger partial charge in [-0.1, -0.05) is 11.6 Å². The van der Waals surface area contributed by atoms with E-state index in [-0.39, 0.29) is 4.88 Å². The first-order valence-electron chi connectivity index (χ1n) is 7.16. The van der Waals surface area contributed by atoms with Crippen LogP contribution in [0.5, 0.6) is 5.75 Å². The third-order valence-electron chi connectivity index (χ3n) is 3.17. The fraction of sp³-hybridized carbons (Fsp3) is 0.375. The summed E-state index contributed by atoms with van der Waals surface area (Å²) in [6.07, 6.45) is 0.895. The van der Waals surface area contributed by atoms with Crippen molar-refractivity contribution >= 4 is 28.9 Å². The summed E-state index contributed by atoms with van der Waals surface area (Å²) in [7, 11) is 4.03. The standard InChI is InChI=1S/C16H19ClN2O3S/c1-10-14(16(20)21)23-15(18-10)12-9-11(17)5-6-13(12)22-8-4-7-19(2)3/h5-6,9H,4,7-8H2,1-3H3,(H,20,21). The summed E-state index contributed by atoms with van der Waals surface area (Å²) in [4.78, 5) is 17.9. The Labute approximate surface area is 144 Å².